The third-order valence-corrected chi connectivity index (χ3v) is 5.50. The number of halogens is 1. The molecule has 1 atom stereocenters. The molecule has 154 valence electrons. The lowest BCUT2D eigenvalue weighted by Crippen LogP contribution is -2.16. The molecule has 0 fully saturated rings. The van der Waals surface area contributed by atoms with Crippen LogP contribution in [0.1, 0.15) is 43.7 Å². The van der Waals surface area contributed by atoms with Crippen LogP contribution in [0.15, 0.2) is 29.4 Å². The molecular formula is C18H21FN6O2S2. The number of benzene rings is 1. The molecule has 0 saturated heterocycles. The zero-order valence-corrected chi connectivity index (χ0v) is 18.1. The summed E-state index contributed by atoms with van der Waals surface area (Å²) in [6.45, 7) is 7.69. The summed E-state index contributed by atoms with van der Waals surface area (Å²) in [5.41, 5.74) is 0. The van der Waals surface area contributed by atoms with Crippen molar-refractivity contribution in [2.75, 3.05) is 11.1 Å². The fourth-order valence-electron chi connectivity index (χ4n) is 2.55. The van der Waals surface area contributed by atoms with E-state index in [0.29, 0.717) is 21.9 Å². The molecule has 1 amide bonds. The molecule has 0 saturated carbocycles. The first-order chi connectivity index (χ1) is 13.8. The molecule has 0 aliphatic heterocycles. The summed E-state index contributed by atoms with van der Waals surface area (Å²) in [4.78, 5) is 12.2. The Morgan fingerprint density at radius 2 is 1.93 bits per heavy atom. The van der Waals surface area contributed by atoms with E-state index in [9.17, 15) is 9.18 Å². The van der Waals surface area contributed by atoms with Crippen LogP contribution in [0.3, 0.4) is 0 Å². The second-order valence-electron chi connectivity index (χ2n) is 6.48. The van der Waals surface area contributed by atoms with Gasteiger partial charge in [-0.25, -0.2) is 4.39 Å². The van der Waals surface area contributed by atoms with E-state index >= 15 is 0 Å². The SMILES string of the molecule is Cc1nnc(NC(=O)CSc2nnc(C(C)Oc3ccc(F)cc3)n2C(C)C)s1. The standard InChI is InChI=1S/C18H21FN6O2S2/c1-10(2)25-16(11(3)27-14-7-5-13(19)6-8-14)22-24-18(25)28-9-15(26)20-17-23-21-12(4)29-17/h5-8,10-11H,9H2,1-4H3,(H,20,23,26). The molecule has 1 aromatic carbocycles. The quantitative estimate of drug-likeness (QED) is 0.533. The van der Waals surface area contributed by atoms with Crippen LogP contribution >= 0.6 is 23.1 Å². The molecule has 29 heavy (non-hydrogen) atoms. The van der Waals surface area contributed by atoms with Gasteiger partial charge in [-0.2, -0.15) is 0 Å². The molecule has 0 aliphatic rings. The smallest absolute Gasteiger partial charge is 0.236 e. The highest BCUT2D eigenvalue weighted by atomic mass is 32.2. The normalized spacial score (nSPS) is 12.2. The predicted octanol–water partition coefficient (Wildman–Crippen LogP) is 4.03. The number of aryl methyl sites for hydroxylation is 1. The molecule has 1 N–H and O–H groups in total. The second kappa shape index (κ2) is 9.31. The van der Waals surface area contributed by atoms with Gasteiger partial charge in [-0.05, 0) is 52.0 Å². The maximum absolute atomic E-state index is 13.1. The van der Waals surface area contributed by atoms with E-state index in [1.54, 1.807) is 12.1 Å². The molecule has 0 spiro atoms. The van der Waals surface area contributed by atoms with Crippen molar-refractivity contribution in [2.45, 2.75) is 45.0 Å². The van der Waals surface area contributed by atoms with Crippen molar-refractivity contribution in [3.63, 3.8) is 0 Å². The summed E-state index contributed by atoms with van der Waals surface area (Å²) in [6, 6.07) is 5.88. The largest absolute Gasteiger partial charge is 0.483 e. The minimum Gasteiger partial charge on any atom is -0.483 e. The van der Waals surface area contributed by atoms with Gasteiger partial charge in [0.1, 0.15) is 16.6 Å². The molecule has 1 unspecified atom stereocenters. The Balaban J connectivity index is 1.67. The number of rotatable bonds is 8. The number of aromatic nitrogens is 5. The Morgan fingerprint density at radius 1 is 1.21 bits per heavy atom. The Hall–Kier alpha value is -2.53. The first-order valence-corrected chi connectivity index (χ1v) is 10.7. The van der Waals surface area contributed by atoms with Crippen molar-refractivity contribution in [2.24, 2.45) is 0 Å². The number of nitrogens with one attached hydrogen (secondary N) is 1. The van der Waals surface area contributed by atoms with Crippen LogP contribution in [0.25, 0.3) is 0 Å². The molecule has 0 bridgehead atoms. The Kier molecular flexibility index (Phi) is 6.80. The summed E-state index contributed by atoms with van der Waals surface area (Å²) in [6.07, 6.45) is -0.400. The van der Waals surface area contributed by atoms with Crippen LogP contribution in [0, 0.1) is 12.7 Å². The third kappa shape index (κ3) is 5.51. The van der Waals surface area contributed by atoms with E-state index in [1.807, 2.05) is 32.3 Å². The zero-order chi connectivity index (χ0) is 21.0. The van der Waals surface area contributed by atoms with Crippen molar-refractivity contribution < 1.29 is 13.9 Å². The van der Waals surface area contributed by atoms with Gasteiger partial charge in [0.05, 0.1) is 5.75 Å². The van der Waals surface area contributed by atoms with E-state index in [2.05, 4.69) is 25.7 Å². The fourth-order valence-corrected chi connectivity index (χ4v) is 4.03. The first kappa shape index (κ1) is 21.2. The van der Waals surface area contributed by atoms with E-state index in [1.165, 1.54) is 35.2 Å². The molecule has 2 aromatic heterocycles. The van der Waals surface area contributed by atoms with Crippen molar-refractivity contribution >= 4 is 34.1 Å². The Labute approximate surface area is 175 Å². The van der Waals surface area contributed by atoms with E-state index < -0.39 is 6.10 Å². The van der Waals surface area contributed by atoms with E-state index in [0.717, 1.165) is 5.01 Å². The maximum atomic E-state index is 13.1. The first-order valence-electron chi connectivity index (χ1n) is 8.93. The number of thioether (sulfide) groups is 1. The van der Waals surface area contributed by atoms with Gasteiger partial charge in [-0.1, -0.05) is 23.1 Å². The zero-order valence-electron chi connectivity index (χ0n) is 16.4. The Bertz CT molecular complexity index is 973. The lowest BCUT2D eigenvalue weighted by atomic mass is 10.3. The van der Waals surface area contributed by atoms with Crippen LogP contribution in [0.2, 0.25) is 0 Å². The van der Waals surface area contributed by atoms with Gasteiger partial charge in [0.15, 0.2) is 17.1 Å². The van der Waals surface area contributed by atoms with Gasteiger partial charge in [-0.3, -0.25) is 10.1 Å². The van der Waals surface area contributed by atoms with Gasteiger partial charge in [0.2, 0.25) is 11.0 Å². The molecular weight excluding hydrogens is 415 g/mol. The molecule has 2 heterocycles. The van der Waals surface area contributed by atoms with Crippen LogP contribution in [0.4, 0.5) is 9.52 Å². The predicted molar refractivity (Wildman–Crippen MR) is 110 cm³/mol. The van der Waals surface area contributed by atoms with Crippen LogP contribution in [-0.2, 0) is 4.79 Å². The van der Waals surface area contributed by atoms with Crippen molar-refractivity contribution in [3.05, 3.63) is 40.9 Å². The molecule has 8 nitrogen and oxygen atoms in total. The van der Waals surface area contributed by atoms with Crippen LogP contribution < -0.4 is 10.1 Å². The number of nitrogens with zero attached hydrogens (tertiary/aromatic N) is 5. The molecule has 0 radical (unpaired) electrons. The number of carbonyl (C=O) groups excluding carboxylic acids is 1. The highest BCUT2D eigenvalue weighted by molar-refractivity contribution is 7.99. The minimum absolute atomic E-state index is 0.0654. The molecule has 11 heteroatoms. The number of anilines is 1. The van der Waals surface area contributed by atoms with Gasteiger partial charge >= 0.3 is 0 Å². The molecule has 0 aliphatic carbocycles. The van der Waals surface area contributed by atoms with Crippen LogP contribution in [-0.4, -0.2) is 36.6 Å². The van der Waals surface area contributed by atoms with Gasteiger partial charge < -0.3 is 9.30 Å². The average molecular weight is 437 g/mol. The number of carbonyl (C=O) groups is 1. The summed E-state index contributed by atoms with van der Waals surface area (Å²) < 4.78 is 20.9. The lowest BCUT2D eigenvalue weighted by molar-refractivity contribution is -0.113. The monoisotopic (exact) mass is 436 g/mol. The van der Waals surface area contributed by atoms with Crippen molar-refractivity contribution in [3.8, 4) is 5.75 Å². The van der Waals surface area contributed by atoms with Gasteiger partial charge in [0, 0.05) is 6.04 Å². The van der Waals surface area contributed by atoms with Gasteiger partial charge in [0.25, 0.3) is 0 Å². The average Bonchev–Trinajstić information content (AvgIpc) is 3.28. The number of amides is 1. The summed E-state index contributed by atoms with van der Waals surface area (Å²) in [5, 5.41) is 20.8. The summed E-state index contributed by atoms with van der Waals surface area (Å²) in [5.74, 6) is 0.819. The van der Waals surface area contributed by atoms with Gasteiger partial charge in [-0.15, -0.1) is 20.4 Å². The fraction of sp³-hybridized carbons (Fsp3) is 0.389. The highest BCUT2D eigenvalue weighted by Crippen LogP contribution is 2.28. The summed E-state index contributed by atoms with van der Waals surface area (Å²) >= 11 is 2.60. The number of hydrogen-bond donors (Lipinski definition) is 1. The number of ether oxygens (including phenoxy) is 1. The maximum Gasteiger partial charge on any atom is 0.236 e. The topological polar surface area (TPSA) is 94.8 Å². The molecule has 3 rings (SSSR count). The minimum atomic E-state index is -0.400. The Morgan fingerprint density at radius 3 is 2.55 bits per heavy atom. The van der Waals surface area contributed by atoms with Crippen molar-refractivity contribution in [1.82, 2.24) is 25.0 Å². The van der Waals surface area contributed by atoms with Crippen LogP contribution in [0.5, 0.6) is 5.75 Å². The third-order valence-electron chi connectivity index (χ3n) is 3.80. The lowest BCUT2D eigenvalue weighted by Gasteiger charge is -2.18. The van der Waals surface area contributed by atoms with E-state index in [-0.39, 0.29) is 23.5 Å². The highest BCUT2D eigenvalue weighted by Gasteiger charge is 2.22. The van der Waals surface area contributed by atoms with Crippen molar-refractivity contribution in [1.29, 1.82) is 0 Å². The molecule has 3 aromatic rings. The summed E-state index contributed by atoms with van der Waals surface area (Å²) in [7, 11) is 0. The number of hydrogen-bond acceptors (Lipinski definition) is 8. The second-order valence-corrected chi connectivity index (χ2v) is 8.61. The van der Waals surface area contributed by atoms with E-state index in [4.69, 9.17) is 4.74 Å².